The van der Waals surface area contributed by atoms with Gasteiger partial charge in [0.05, 0.1) is 5.69 Å². The molecule has 184 valence electrons. The molecule has 1 saturated carbocycles. The van der Waals surface area contributed by atoms with Crippen LogP contribution < -0.4 is 4.74 Å². The lowest BCUT2D eigenvalue weighted by Crippen LogP contribution is -2.04. The minimum absolute atomic E-state index is 0.540. The molecule has 1 aliphatic rings. The van der Waals surface area contributed by atoms with Crippen molar-refractivity contribution in [2.24, 2.45) is 4.99 Å². The third kappa shape index (κ3) is 5.65. The van der Waals surface area contributed by atoms with E-state index in [-0.39, 0.29) is 0 Å². The van der Waals surface area contributed by atoms with Gasteiger partial charge in [0.1, 0.15) is 12.4 Å². The van der Waals surface area contributed by atoms with Crippen molar-refractivity contribution in [3.63, 3.8) is 0 Å². The van der Waals surface area contributed by atoms with E-state index in [4.69, 9.17) is 9.72 Å². The van der Waals surface area contributed by atoms with Gasteiger partial charge in [0, 0.05) is 17.2 Å². The van der Waals surface area contributed by atoms with Crippen molar-refractivity contribution in [1.29, 1.82) is 0 Å². The Morgan fingerprint density at radius 3 is 2.46 bits per heavy atom. The second-order valence-corrected chi connectivity index (χ2v) is 10.6. The standard InChI is InChI=1S/C33H30N2OS/c1-2-7-25(8-3-1)26-15-17-28(18-16-26)32-23-37-33(35-32)34-21-24-13-19-30(20-14-24)36-22-29-11-6-10-27-9-4-5-12-31(27)29/h4-6,9-21,23,25H,1-3,7-8,22H2. The molecule has 0 bridgehead atoms. The van der Waals surface area contributed by atoms with Gasteiger partial charge in [-0.1, -0.05) is 86.0 Å². The van der Waals surface area contributed by atoms with Gasteiger partial charge in [0.25, 0.3) is 0 Å². The Kier molecular flexibility index (Phi) is 7.09. The fourth-order valence-electron chi connectivity index (χ4n) is 5.18. The van der Waals surface area contributed by atoms with Crippen molar-refractivity contribution in [3.8, 4) is 17.0 Å². The molecule has 3 nitrogen and oxygen atoms in total. The van der Waals surface area contributed by atoms with Crippen LogP contribution in [-0.4, -0.2) is 11.2 Å². The number of ether oxygens (including phenoxy) is 1. The van der Waals surface area contributed by atoms with Crippen LogP contribution in [0.3, 0.4) is 0 Å². The van der Waals surface area contributed by atoms with Crippen molar-refractivity contribution >= 4 is 33.5 Å². The highest BCUT2D eigenvalue weighted by Crippen LogP contribution is 2.34. The summed E-state index contributed by atoms with van der Waals surface area (Å²) in [4.78, 5) is 9.35. The number of hydrogen-bond acceptors (Lipinski definition) is 4. The van der Waals surface area contributed by atoms with Crippen LogP contribution in [0, 0.1) is 0 Å². The molecule has 1 aliphatic carbocycles. The molecule has 1 heterocycles. The fourth-order valence-corrected chi connectivity index (χ4v) is 5.85. The molecule has 0 unspecified atom stereocenters. The van der Waals surface area contributed by atoms with E-state index >= 15 is 0 Å². The molecule has 0 radical (unpaired) electrons. The zero-order chi connectivity index (χ0) is 24.9. The van der Waals surface area contributed by atoms with Crippen molar-refractivity contribution in [1.82, 2.24) is 4.98 Å². The predicted octanol–water partition coefficient (Wildman–Crippen LogP) is 9.34. The first-order chi connectivity index (χ1) is 18.3. The van der Waals surface area contributed by atoms with Gasteiger partial charge < -0.3 is 4.74 Å². The van der Waals surface area contributed by atoms with Gasteiger partial charge in [-0.2, -0.15) is 0 Å². The minimum atomic E-state index is 0.540. The maximum absolute atomic E-state index is 6.06. The van der Waals surface area contributed by atoms with Crippen molar-refractivity contribution < 1.29 is 4.74 Å². The summed E-state index contributed by atoms with van der Waals surface area (Å²) in [6.07, 6.45) is 8.63. The van der Waals surface area contributed by atoms with Crippen LogP contribution in [0.5, 0.6) is 5.75 Å². The van der Waals surface area contributed by atoms with E-state index in [1.165, 1.54) is 54.0 Å². The van der Waals surface area contributed by atoms with E-state index in [0.29, 0.717) is 6.61 Å². The van der Waals surface area contributed by atoms with Gasteiger partial charge in [-0.25, -0.2) is 9.98 Å². The van der Waals surface area contributed by atoms with Crippen molar-refractivity contribution in [2.45, 2.75) is 44.6 Å². The third-order valence-electron chi connectivity index (χ3n) is 7.25. The average molecular weight is 503 g/mol. The first-order valence-electron chi connectivity index (χ1n) is 13.1. The zero-order valence-electron chi connectivity index (χ0n) is 20.8. The summed E-state index contributed by atoms with van der Waals surface area (Å²) in [5, 5.41) is 5.32. The summed E-state index contributed by atoms with van der Waals surface area (Å²) in [6, 6.07) is 31.8. The Hall–Kier alpha value is -3.76. The summed E-state index contributed by atoms with van der Waals surface area (Å²) in [5.41, 5.74) is 5.83. The van der Waals surface area contributed by atoms with Gasteiger partial charge in [0.15, 0.2) is 0 Å². The molecule has 0 atom stereocenters. The lowest BCUT2D eigenvalue weighted by molar-refractivity contribution is 0.307. The Morgan fingerprint density at radius 1 is 0.838 bits per heavy atom. The SMILES string of the molecule is C(=Nc1nc(-c2ccc(C3CCCCC3)cc2)cs1)c1ccc(OCc2cccc3ccccc23)cc1. The molecule has 5 aromatic rings. The number of thiazole rings is 1. The summed E-state index contributed by atoms with van der Waals surface area (Å²) < 4.78 is 6.06. The molecular weight excluding hydrogens is 472 g/mol. The Balaban J connectivity index is 1.07. The van der Waals surface area contributed by atoms with E-state index in [0.717, 1.165) is 33.6 Å². The number of hydrogen-bond donors (Lipinski definition) is 0. The highest BCUT2D eigenvalue weighted by Gasteiger charge is 2.15. The predicted molar refractivity (Wildman–Crippen MR) is 155 cm³/mol. The maximum atomic E-state index is 6.06. The van der Waals surface area contributed by atoms with E-state index < -0.39 is 0 Å². The van der Waals surface area contributed by atoms with Crippen molar-refractivity contribution in [2.75, 3.05) is 0 Å². The maximum Gasteiger partial charge on any atom is 0.209 e. The molecule has 6 rings (SSSR count). The fraction of sp³-hybridized carbons (Fsp3) is 0.212. The molecular formula is C33H30N2OS. The van der Waals surface area contributed by atoms with Gasteiger partial charge in [-0.05, 0) is 70.5 Å². The third-order valence-corrected chi connectivity index (χ3v) is 8.00. The summed E-state index contributed by atoms with van der Waals surface area (Å²) in [5.74, 6) is 1.58. The molecule has 0 aliphatic heterocycles. The zero-order valence-corrected chi connectivity index (χ0v) is 21.7. The van der Waals surface area contributed by atoms with Crippen molar-refractivity contribution in [3.05, 3.63) is 113 Å². The molecule has 1 fully saturated rings. The normalized spacial score (nSPS) is 14.4. The van der Waals surface area contributed by atoms with Gasteiger partial charge in [0.2, 0.25) is 5.13 Å². The highest BCUT2D eigenvalue weighted by atomic mass is 32.1. The largest absolute Gasteiger partial charge is 0.489 e. The van der Waals surface area contributed by atoms with E-state index in [2.05, 4.69) is 77.1 Å². The number of fused-ring (bicyclic) bond motifs is 1. The molecule has 4 heteroatoms. The molecule has 1 aromatic heterocycles. The van der Waals surface area contributed by atoms with E-state index in [1.807, 2.05) is 30.5 Å². The molecule has 0 N–H and O–H groups in total. The second kappa shape index (κ2) is 11.1. The highest BCUT2D eigenvalue weighted by molar-refractivity contribution is 7.13. The monoisotopic (exact) mass is 502 g/mol. The smallest absolute Gasteiger partial charge is 0.209 e. The van der Waals surface area contributed by atoms with Crippen LogP contribution in [0.2, 0.25) is 0 Å². The van der Waals surface area contributed by atoms with Crippen LogP contribution >= 0.6 is 11.3 Å². The lowest BCUT2D eigenvalue weighted by atomic mass is 9.84. The quantitative estimate of drug-likeness (QED) is 0.208. The topological polar surface area (TPSA) is 34.5 Å². The van der Waals surface area contributed by atoms with Crippen LogP contribution in [0.15, 0.2) is 101 Å². The van der Waals surface area contributed by atoms with Crippen LogP contribution in [0.4, 0.5) is 5.13 Å². The summed E-state index contributed by atoms with van der Waals surface area (Å²) in [7, 11) is 0. The van der Waals surface area contributed by atoms with Crippen LogP contribution in [0.1, 0.15) is 54.7 Å². The summed E-state index contributed by atoms with van der Waals surface area (Å²) in [6.45, 7) is 0.540. The van der Waals surface area contributed by atoms with Gasteiger partial charge in [-0.3, -0.25) is 0 Å². The number of aromatic nitrogens is 1. The first-order valence-corrected chi connectivity index (χ1v) is 14.0. The molecule has 0 amide bonds. The minimum Gasteiger partial charge on any atom is -0.489 e. The average Bonchev–Trinajstić information content (AvgIpc) is 3.45. The molecule has 0 spiro atoms. The number of benzene rings is 4. The second-order valence-electron chi connectivity index (χ2n) is 9.73. The van der Waals surface area contributed by atoms with Crippen LogP contribution in [0.25, 0.3) is 22.0 Å². The molecule has 37 heavy (non-hydrogen) atoms. The van der Waals surface area contributed by atoms with Gasteiger partial charge in [-0.15, -0.1) is 11.3 Å². The van der Waals surface area contributed by atoms with Crippen LogP contribution in [-0.2, 0) is 6.61 Å². The Morgan fingerprint density at radius 2 is 1.62 bits per heavy atom. The lowest BCUT2D eigenvalue weighted by Gasteiger charge is -2.22. The van der Waals surface area contributed by atoms with E-state index in [9.17, 15) is 0 Å². The number of nitrogens with zero attached hydrogens (tertiary/aromatic N) is 2. The number of rotatable bonds is 7. The Bertz CT molecular complexity index is 1490. The van der Waals surface area contributed by atoms with E-state index in [1.54, 1.807) is 11.3 Å². The first kappa shape index (κ1) is 23.6. The van der Waals surface area contributed by atoms with Gasteiger partial charge >= 0.3 is 0 Å². The molecule has 4 aromatic carbocycles. The molecule has 0 saturated heterocycles. The Labute approximate surface area is 222 Å². The number of aliphatic imine (C=N–C) groups is 1. The summed E-state index contributed by atoms with van der Waals surface area (Å²) >= 11 is 1.57.